The van der Waals surface area contributed by atoms with Gasteiger partial charge in [0.25, 0.3) is 0 Å². The van der Waals surface area contributed by atoms with Gasteiger partial charge >= 0.3 is 0 Å². The lowest BCUT2D eigenvalue weighted by molar-refractivity contribution is 0.0688. The molecule has 2 N–H and O–H groups in total. The average molecular weight is 263 g/mol. The molecular weight excluding hydrogens is 246 g/mol. The Balaban J connectivity index is 2.17. The lowest BCUT2D eigenvalue weighted by Crippen LogP contribution is -2.18. The van der Waals surface area contributed by atoms with Crippen LogP contribution in [0.4, 0.5) is 0 Å². The van der Waals surface area contributed by atoms with Crippen LogP contribution in [-0.4, -0.2) is 25.7 Å². The average Bonchev–Trinajstić information content (AvgIpc) is 2.27. The Kier molecular flexibility index (Phi) is 3.73. The number of rotatable bonds is 4. The Morgan fingerprint density at radius 2 is 2.22 bits per heavy atom. The van der Waals surface area contributed by atoms with Gasteiger partial charge in [-0.05, 0) is 32.8 Å². The first-order valence-corrected chi connectivity index (χ1v) is 6.42. The molecule has 0 unspecified atom stereocenters. The standard InChI is InChI=1S/C13H17N3OS/c1-13(2,17)6-3-4-11-15-10-8-14-7-5-9(10)12(18)16-11/h5,7-8,17H,3-4,6H2,1-2H3,(H,15,16,18). The molecule has 5 heteroatoms. The molecule has 0 radical (unpaired) electrons. The highest BCUT2D eigenvalue weighted by atomic mass is 32.1. The molecule has 2 rings (SSSR count). The van der Waals surface area contributed by atoms with Gasteiger partial charge in [-0.1, -0.05) is 12.2 Å². The zero-order valence-electron chi connectivity index (χ0n) is 10.6. The summed E-state index contributed by atoms with van der Waals surface area (Å²) in [6.45, 7) is 3.62. The summed E-state index contributed by atoms with van der Waals surface area (Å²) in [6.07, 6.45) is 5.85. The van der Waals surface area contributed by atoms with E-state index in [4.69, 9.17) is 12.2 Å². The Morgan fingerprint density at radius 1 is 1.44 bits per heavy atom. The van der Waals surface area contributed by atoms with Crippen molar-refractivity contribution in [1.29, 1.82) is 0 Å². The van der Waals surface area contributed by atoms with Crippen LogP contribution < -0.4 is 0 Å². The van der Waals surface area contributed by atoms with E-state index >= 15 is 0 Å². The Labute approximate surface area is 111 Å². The summed E-state index contributed by atoms with van der Waals surface area (Å²) >= 11 is 5.26. The number of H-pyrrole nitrogens is 1. The number of hydrogen-bond acceptors (Lipinski definition) is 4. The Hall–Kier alpha value is -1.33. The highest BCUT2D eigenvalue weighted by Gasteiger charge is 2.12. The predicted molar refractivity (Wildman–Crippen MR) is 74.0 cm³/mol. The molecule has 0 bridgehead atoms. The monoisotopic (exact) mass is 263 g/mol. The molecule has 2 heterocycles. The van der Waals surface area contributed by atoms with E-state index in [1.165, 1.54) is 0 Å². The maximum Gasteiger partial charge on any atom is 0.137 e. The molecule has 4 nitrogen and oxygen atoms in total. The lowest BCUT2D eigenvalue weighted by Gasteiger charge is -2.16. The van der Waals surface area contributed by atoms with Crippen LogP contribution in [0.25, 0.3) is 10.9 Å². The van der Waals surface area contributed by atoms with Gasteiger partial charge in [-0.15, -0.1) is 0 Å². The molecular formula is C13H17N3OS. The molecule has 2 aromatic rings. The number of aromatic nitrogens is 3. The minimum absolute atomic E-state index is 0.601. The summed E-state index contributed by atoms with van der Waals surface area (Å²) < 4.78 is 0.601. The fourth-order valence-corrected chi connectivity index (χ4v) is 2.14. The predicted octanol–water partition coefficient (Wildman–Crippen LogP) is 2.78. The zero-order chi connectivity index (χ0) is 13.2. The number of nitrogens with zero attached hydrogens (tertiary/aromatic N) is 2. The lowest BCUT2D eigenvalue weighted by atomic mass is 10.0. The molecule has 0 aromatic carbocycles. The summed E-state index contributed by atoms with van der Waals surface area (Å²) in [5.41, 5.74) is 0.283. The molecule has 0 saturated carbocycles. The van der Waals surface area contributed by atoms with E-state index in [-0.39, 0.29) is 0 Å². The molecule has 0 fully saturated rings. The quantitative estimate of drug-likeness (QED) is 0.833. The van der Waals surface area contributed by atoms with Gasteiger partial charge in [0, 0.05) is 18.0 Å². The number of aromatic amines is 1. The molecule has 0 aliphatic carbocycles. The molecule has 0 saturated heterocycles. The highest BCUT2D eigenvalue weighted by molar-refractivity contribution is 7.71. The van der Waals surface area contributed by atoms with Crippen LogP contribution in [0, 0.1) is 4.64 Å². The molecule has 0 aliphatic heterocycles. The number of aliphatic hydroxyl groups is 1. The molecule has 0 amide bonds. The second-order valence-electron chi connectivity index (χ2n) is 5.08. The van der Waals surface area contributed by atoms with Crippen molar-refractivity contribution in [3.8, 4) is 0 Å². The van der Waals surface area contributed by atoms with Crippen LogP contribution in [0.2, 0.25) is 0 Å². The first-order chi connectivity index (χ1) is 8.46. The molecule has 18 heavy (non-hydrogen) atoms. The van der Waals surface area contributed by atoms with Crippen molar-refractivity contribution in [3.63, 3.8) is 0 Å². The van der Waals surface area contributed by atoms with Crippen LogP contribution in [-0.2, 0) is 6.42 Å². The summed E-state index contributed by atoms with van der Waals surface area (Å²) in [7, 11) is 0. The maximum atomic E-state index is 9.66. The van der Waals surface area contributed by atoms with Crippen molar-refractivity contribution in [2.24, 2.45) is 0 Å². The van der Waals surface area contributed by atoms with Crippen LogP contribution in [0.1, 0.15) is 32.5 Å². The van der Waals surface area contributed by atoms with Gasteiger partial charge in [0.1, 0.15) is 10.5 Å². The van der Waals surface area contributed by atoms with Crippen molar-refractivity contribution in [2.45, 2.75) is 38.7 Å². The van der Waals surface area contributed by atoms with E-state index in [0.29, 0.717) is 4.64 Å². The van der Waals surface area contributed by atoms with E-state index in [2.05, 4.69) is 15.0 Å². The van der Waals surface area contributed by atoms with Crippen molar-refractivity contribution in [2.75, 3.05) is 0 Å². The smallest absolute Gasteiger partial charge is 0.137 e. The first kappa shape index (κ1) is 13.1. The van der Waals surface area contributed by atoms with E-state index in [1.54, 1.807) is 12.4 Å². The summed E-state index contributed by atoms with van der Waals surface area (Å²) in [5.74, 6) is 0.852. The van der Waals surface area contributed by atoms with Crippen LogP contribution in [0.5, 0.6) is 0 Å². The van der Waals surface area contributed by atoms with Crippen molar-refractivity contribution in [1.82, 2.24) is 15.0 Å². The normalized spacial score (nSPS) is 11.9. The van der Waals surface area contributed by atoms with Crippen molar-refractivity contribution in [3.05, 3.63) is 28.9 Å². The molecule has 0 spiro atoms. The van der Waals surface area contributed by atoms with Crippen LogP contribution >= 0.6 is 12.2 Å². The summed E-state index contributed by atoms with van der Waals surface area (Å²) in [5, 5.41) is 10.6. The molecule has 96 valence electrons. The minimum Gasteiger partial charge on any atom is -0.390 e. The topological polar surface area (TPSA) is 61.8 Å². The SMILES string of the molecule is CC(C)(O)CCCc1nc(=S)c2ccncc2[nH]1. The third-order valence-corrected chi connectivity index (χ3v) is 3.08. The van der Waals surface area contributed by atoms with Gasteiger partial charge in [0.05, 0.1) is 17.3 Å². The van der Waals surface area contributed by atoms with Gasteiger partial charge in [0.15, 0.2) is 0 Å². The molecule has 0 atom stereocenters. The van der Waals surface area contributed by atoms with Gasteiger partial charge in [-0.25, -0.2) is 4.98 Å². The highest BCUT2D eigenvalue weighted by Crippen LogP contribution is 2.14. The third kappa shape index (κ3) is 3.34. The zero-order valence-corrected chi connectivity index (χ0v) is 11.4. The summed E-state index contributed by atoms with van der Waals surface area (Å²) in [6, 6.07) is 1.86. The van der Waals surface area contributed by atoms with E-state index in [0.717, 1.165) is 36.0 Å². The minimum atomic E-state index is -0.630. The van der Waals surface area contributed by atoms with Crippen LogP contribution in [0.15, 0.2) is 18.5 Å². The number of nitrogens with one attached hydrogen (secondary N) is 1. The third-order valence-electron chi connectivity index (χ3n) is 2.77. The fraction of sp³-hybridized carbons (Fsp3) is 0.462. The van der Waals surface area contributed by atoms with Crippen LogP contribution in [0.3, 0.4) is 0 Å². The maximum absolute atomic E-state index is 9.66. The molecule has 2 aromatic heterocycles. The van der Waals surface area contributed by atoms with Gasteiger partial charge in [0.2, 0.25) is 0 Å². The summed E-state index contributed by atoms with van der Waals surface area (Å²) in [4.78, 5) is 11.7. The molecule has 0 aliphatic rings. The van der Waals surface area contributed by atoms with Gasteiger partial charge in [-0.2, -0.15) is 0 Å². The number of fused-ring (bicyclic) bond motifs is 1. The Morgan fingerprint density at radius 3 is 2.94 bits per heavy atom. The second kappa shape index (κ2) is 5.12. The van der Waals surface area contributed by atoms with E-state index in [1.807, 2.05) is 19.9 Å². The van der Waals surface area contributed by atoms with E-state index < -0.39 is 5.60 Å². The number of hydrogen-bond donors (Lipinski definition) is 2. The van der Waals surface area contributed by atoms with Gasteiger partial charge < -0.3 is 10.1 Å². The number of aryl methyl sites for hydroxylation is 1. The van der Waals surface area contributed by atoms with E-state index in [9.17, 15) is 5.11 Å². The van der Waals surface area contributed by atoms with Crippen molar-refractivity contribution >= 4 is 23.1 Å². The van der Waals surface area contributed by atoms with Gasteiger partial charge in [-0.3, -0.25) is 4.98 Å². The number of pyridine rings is 1. The largest absolute Gasteiger partial charge is 0.390 e. The fourth-order valence-electron chi connectivity index (χ4n) is 1.85. The van der Waals surface area contributed by atoms with Crippen molar-refractivity contribution < 1.29 is 5.11 Å². The second-order valence-corrected chi connectivity index (χ2v) is 5.46. The Bertz CT molecular complexity index is 601. The first-order valence-electron chi connectivity index (χ1n) is 6.01.